The van der Waals surface area contributed by atoms with E-state index in [1.165, 1.54) is 12.8 Å². The van der Waals surface area contributed by atoms with Gasteiger partial charge in [0.2, 0.25) is 0 Å². The quantitative estimate of drug-likeness (QED) is 0.732. The molecule has 1 aromatic rings. The molecule has 0 N–H and O–H groups in total. The van der Waals surface area contributed by atoms with E-state index in [4.69, 9.17) is 23.2 Å². The van der Waals surface area contributed by atoms with Gasteiger partial charge in [0.1, 0.15) is 0 Å². The maximum Gasteiger partial charge on any atom is 0.191 e. The monoisotopic (exact) mass is 281 g/mol. The average molecular weight is 282 g/mol. The second-order valence-electron chi connectivity index (χ2n) is 4.82. The average Bonchev–Trinajstić information content (AvgIpc) is 2.91. The number of benzene rings is 1. The highest BCUT2D eigenvalue weighted by Crippen LogP contribution is 2.34. The molecule has 0 unspecified atom stereocenters. The molecular formula is C14H13Cl2NO. The van der Waals surface area contributed by atoms with Crippen molar-refractivity contribution in [1.29, 1.82) is 0 Å². The Hall–Kier alpha value is -0.990. The van der Waals surface area contributed by atoms with Crippen LogP contribution < -0.4 is 0 Å². The minimum absolute atomic E-state index is 0.0706. The van der Waals surface area contributed by atoms with Gasteiger partial charge < -0.3 is 4.90 Å². The SMILES string of the molecule is O=C1/C(=C\N2CCCC2)Cc2c(Cl)cc(Cl)cc21. The topological polar surface area (TPSA) is 20.3 Å². The van der Waals surface area contributed by atoms with Crippen molar-refractivity contribution < 1.29 is 4.79 Å². The van der Waals surface area contributed by atoms with Crippen molar-refractivity contribution in [3.63, 3.8) is 0 Å². The summed E-state index contributed by atoms with van der Waals surface area (Å²) < 4.78 is 0. The lowest BCUT2D eigenvalue weighted by molar-refractivity contribution is 0.103. The summed E-state index contributed by atoms with van der Waals surface area (Å²) in [7, 11) is 0. The van der Waals surface area contributed by atoms with Crippen LogP contribution in [0.3, 0.4) is 0 Å². The van der Waals surface area contributed by atoms with Crippen molar-refractivity contribution in [3.05, 3.63) is 45.1 Å². The third kappa shape index (κ3) is 2.04. The van der Waals surface area contributed by atoms with Crippen LogP contribution in [0.1, 0.15) is 28.8 Å². The first kappa shape index (κ1) is 12.1. The molecule has 18 heavy (non-hydrogen) atoms. The van der Waals surface area contributed by atoms with Gasteiger partial charge in [-0.25, -0.2) is 0 Å². The van der Waals surface area contributed by atoms with Crippen molar-refractivity contribution in [2.75, 3.05) is 13.1 Å². The highest BCUT2D eigenvalue weighted by molar-refractivity contribution is 6.36. The number of Topliss-reactive ketones (excluding diaryl/α,β-unsaturated/α-hetero) is 1. The van der Waals surface area contributed by atoms with E-state index in [-0.39, 0.29) is 5.78 Å². The summed E-state index contributed by atoms with van der Waals surface area (Å²) >= 11 is 12.1. The summed E-state index contributed by atoms with van der Waals surface area (Å²) in [6.45, 7) is 2.09. The molecule has 1 aromatic carbocycles. The second-order valence-corrected chi connectivity index (χ2v) is 5.66. The van der Waals surface area contributed by atoms with E-state index in [0.29, 0.717) is 22.0 Å². The van der Waals surface area contributed by atoms with Gasteiger partial charge in [0.25, 0.3) is 0 Å². The number of halogens is 2. The molecule has 1 aliphatic carbocycles. The number of carbonyl (C=O) groups is 1. The lowest BCUT2D eigenvalue weighted by Gasteiger charge is -2.11. The Morgan fingerprint density at radius 2 is 1.89 bits per heavy atom. The molecule has 0 aromatic heterocycles. The van der Waals surface area contributed by atoms with E-state index < -0.39 is 0 Å². The summed E-state index contributed by atoms with van der Waals surface area (Å²) in [5, 5.41) is 1.12. The van der Waals surface area contributed by atoms with Crippen LogP contribution in [0.4, 0.5) is 0 Å². The van der Waals surface area contributed by atoms with Crippen LogP contribution in [-0.2, 0) is 6.42 Å². The van der Waals surface area contributed by atoms with Gasteiger partial charge in [-0.15, -0.1) is 0 Å². The Labute approximate surface area is 116 Å². The summed E-state index contributed by atoms with van der Waals surface area (Å²) in [5.74, 6) is 0.0706. The van der Waals surface area contributed by atoms with Gasteiger partial charge in [-0.05, 0) is 30.5 Å². The van der Waals surface area contributed by atoms with Crippen LogP contribution in [0.2, 0.25) is 10.0 Å². The Balaban J connectivity index is 1.95. The van der Waals surface area contributed by atoms with Crippen molar-refractivity contribution in [2.24, 2.45) is 0 Å². The Morgan fingerprint density at radius 3 is 2.61 bits per heavy atom. The summed E-state index contributed by atoms with van der Waals surface area (Å²) in [4.78, 5) is 14.5. The predicted molar refractivity (Wildman–Crippen MR) is 73.4 cm³/mol. The molecule has 4 heteroatoms. The molecule has 1 aliphatic heterocycles. The van der Waals surface area contributed by atoms with Gasteiger partial charge in [-0.2, -0.15) is 0 Å². The Kier molecular flexibility index (Phi) is 3.08. The molecule has 1 heterocycles. The van der Waals surface area contributed by atoms with Crippen LogP contribution in [0.25, 0.3) is 0 Å². The smallest absolute Gasteiger partial charge is 0.191 e. The summed E-state index contributed by atoms with van der Waals surface area (Å²) in [5.41, 5.74) is 2.41. The molecule has 0 radical (unpaired) electrons. The molecule has 0 amide bonds. The molecule has 1 saturated heterocycles. The van der Waals surface area contributed by atoms with Crippen molar-refractivity contribution in [3.8, 4) is 0 Å². The second kappa shape index (κ2) is 4.60. The fraction of sp³-hybridized carbons (Fsp3) is 0.357. The van der Waals surface area contributed by atoms with Crippen LogP contribution in [0, 0.1) is 0 Å². The third-order valence-corrected chi connectivity index (χ3v) is 4.10. The standard InChI is InChI=1S/C14H13Cl2NO/c15-10-6-12-11(13(16)7-10)5-9(14(12)18)8-17-3-1-2-4-17/h6-8H,1-5H2/b9-8-. The van der Waals surface area contributed by atoms with Crippen LogP contribution in [-0.4, -0.2) is 23.8 Å². The zero-order valence-corrected chi connectivity index (χ0v) is 11.4. The zero-order valence-electron chi connectivity index (χ0n) is 9.88. The molecule has 0 saturated carbocycles. The van der Waals surface area contributed by atoms with E-state index in [2.05, 4.69) is 4.90 Å². The van der Waals surface area contributed by atoms with Gasteiger partial charge >= 0.3 is 0 Å². The lowest BCUT2D eigenvalue weighted by Crippen LogP contribution is -2.13. The number of rotatable bonds is 1. The van der Waals surface area contributed by atoms with Gasteiger partial charge in [0.15, 0.2) is 5.78 Å². The van der Waals surface area contributed by atoms with Gasteiger partial charge in [-0.3, -0.25) is 4.79 Å². The Bertz CT molecular complexity index is 545. The molecule has 1 fully saturated rings. The van der Waals surface area contributed by atoms with Gasteiger partial charge in [0, 0.05) is 46.9 Å². The molecule has 2 aliphatic rings. The number of hydrogen-bond donors (Lipinski definition) is 0. The van der Waals surface area contributed by atoms with E-state index >= 15 is 0 Å². The first-order chi connectivity index (χ1) is 8.65. The number of fused-ring (bicyclic) bond motifs is 1. The largest absolute Gasteiger partial charge is 0.377 e. The van der Waals surface area contributed by atoms with E-state index in [9.17, 15) is 4.79 Å². The predicted octanol–water partition coefficient (Wildman–Crippen LogP) is 3.71. The number of allylic oxidation sites excluding steroid dienone is 1. The lowest BCUT2D eigenvalue weighted by atomic mass is 10.1. The fourth-order valence-corrected chi connectivity index (χ4v) is 3.19. The van der Waals surface area contributed by atoms with Crippen LogP contribution in [0.15, 0.2) is 23.9 Å². The molecular weight excluding hydrogens is 269 g/mol. The number of nitrogens with zero attached hydrogens (tertiary/aromatic N) is 1. The Morgan fingerprint density at radius 1 is 1.17 bits per heavy atom. The van der Waals surface area contributed by atoms with E-state index in [1.54, 1.807) is 12.1 Å². The van der Waals surface area contributed by atoms with Crippen LogP contribution in [0.5, 0.6) is 0 Å². The van der Waals surface area contributed by atoms with Gasteiger partial charge in [-0.1, -0.05) is 23.2 Å². The highest BCUT2D eigenvalue weighted by Gasteiger charge is 2.28. The number of likely N-dealkylation sites (tertiary alicyclic amines) is 1. The molecule has 3 rings (SSSR count). The highest BCUT2D eigenvalue weighted by atomic mass is 35.5. The number of hydrogen-bond acceptors (Lipinski definition) is 2. The van der Waals surface area contributed by atoms with Crippen LogP contribution >= 0.6 is 23.2 Å². The fourth-order valence-electron chi connectivity index (χ4n) is 2.62. The first-order valence-corrected chi connectivity index (χ1v) is 6.88. The maximum absolute atomic E-state index is 12.3. The molecule has 94 valence electrons. The normalized spacial score (nSPS) is 20.9. The molecule has 2 nitrogen and oxygen atoms in total. The van der Waals surface area contributed by atoms with Crippen molar-refractivity contribution in [2.45, 2.75) is 19.3 Å². The van der Waals surface area contributed by atoms with Crippen molar-refractivity contribution in [1.82, 2.24) is 4.90 Å². The molecule has 0 spiro atoms. The summed E-state index contributed by atoms with van der Waals surface area (Å²) in [6, 6.07) is 3.42. The van der Waals surface area contributed by atoms with Gasteiger partial charge in [0.05, 0.1) is 0 Å². The number of ketones is 1. The summed E-state index contributed by atoms with van der Waals surface area (Å²) in [6.07, 6.45) is 5.04. The third-order valence-electron chi connectivity index (χ3n) is 3.54. The zero-order chi connectivity index (χ0) is 12.7. The van der Waals surface area contributed by atoms with Crippen molar-refractivity contribution >= 4 is 29.0 Å². The molecule has 0 bridgehead atoms. The minimum Gasteiger partial charge on any atom is -0.377 e. The minimum atomic E-state index is 0.0706. The molecule has 0 atom stereocenters. The first-order valence-electron chi connectivity index (χ1n) is 6.12. The number of carbonyl (C=O) groups excluding carboxylic acids is 1. The van der Waals surface area contributed by atoms with E-state index in [1.807, 2.05) is 6.20 Å². The van der Waals surface area contributed by atoms with E-state index in [0.717, 1.165) is 24.2 Å². The maximum atomic E-state index is 12.3.